The zero-order valence-electron chi connectivity index (χ0n) is 15.0. The van der Waals surface area contributed by atoms with E-state index in [0.717, 1.165) is 10.6 Å². The third kappa shape index (κ3) is 5.42. The Morgan fingerprint density at radius 3 is 2.41 bits per heavy atom. The van der Waals surface area contributed by atoms with Crippen LogP contribution in [0.1, 0.15) is 5.56 Å². The standard InChI is InChI=1S/C17H19N3O6S/c1-12-4-5-14(20(22)23)10-16(12)18-17(21)11-26-15-8-6-13(7-9-15)19(2)27(3,24)25/h4-10H,11H2,1-3H3,(H,18,21). The Morgan fingerprint density at radius 2 is 1.85 bits per heavy atom. The maximum atomic E-state index is 12.0. The minimum absolute atomic E-state index is 0.123. The third-order valence-corrected chi connectivity index (χ3v) is 4.98. The molecule has 0 bridgehead atoms. The van der Waals surface area contributed by atoms with Crippen molar-refractivity contribution in [1.82, 2.24) is 0 Å². The lowest BCUT2D eigenvalue weighted by molar-refractivity contribution is -0.384. The number of hydrogen-bond donors (Lipinski definition) is 1. The summed E-state index contributed by atoms with van der Waals surface area (Å²) in [6.07, 6.45) is 1.09. The van der Waals surface area contributed by atoms with Crippen molar-refractivity contribution >= 4 is 33.0 Å². The predicted molar refractivity (Wildman–Crippen MR) is 102 cm³/mol. The highest BCUT2D eigenvalue weighted by molar-refractivity contribution is 7.92. The lowest BCUT2D eigenvalue weighted by atomic mass is 10.2. The molecule has 0 fully saturated rings. The molecule has 144 valence electrons. The highest BCUT2D eigenvalue weighted by Crippen LogP contribution is 2.22. The van der Waals surface area contributed by atoms with Gasteiger partial charge in [0.1, 0.15) is 5.75 Å². The smallest absolute Gasteiger partial charge is 0.271 e. The fourth-order valence-corrected chi connectivity index (χ4v) is 2.64. The van der Waals surface area contributed by atoms with Crippen LogP contribution in [-0.4, -0.2) is 39.2 Å². The van der Waals surface area contributed by atoms with E-state index in [-0.39, 0.29) is 12.3 Å². The molecule has 0 atom stereocenters. The molecule has 0 aliphatic carbocycles. The summed E-state index contributed by atoms with van der Waals surface area (Å²) in [5, 5.41) is 13.4. The summed E-state index contributed by atoms with van der Waals surface area (Å²) >= 11 is 0. The first-order valence-electron chi connectivity index (χ1n) is 7.79. The maximum absolute atomic E-state index is 12.0. The van der Waals surface area contributed by atoms with E-state index in [1.54, 1.807) is 37.3 Å². The Bertz CT molecular complexity index is 957. The molecule has 0 saturated carbocycles. The molecule has 2 aromatic rings. The van der Waals surface area contributed by atoms with Crippen LogP contribution in [0.25, 0.3) is 0 Å². The molecular formula is C17H19N3O6S. The maximum Gasteiger partial charge on any atom is 0.271 e. The summed E-state index contributed by atoms with van der Waals surface area (Å²) in [5.74, 6) is -0.0949. The number of ether oxygens (including phenoxy) is 1. The highest BCUT2D eigenvalue weighted by Gasteiger charge is 2.13. The van der Waals surface area contributed by atoms with Gasteiger partial charge < -0.3 is 10.1 Å². The number of benzene rings is 2. The van der Waals surface area contributed by atoms with E-state index >= 15 is 0 Å². The van der Waals surface area contributed by atoms with Gasteiger partial charge in [0.2, 0.25) is 10.0 Å². The Hall–Kier alpha value is -3.14. The van der Waals surface area contributed by atoms with E-state index in [0.29, 0.717) is 22.7 Å². The SMILES string of the molecule is Cc1ccc([N+](=O)[O-])cc1NC(=O)COc1ccc(N(C)S(C)(=O)=O)cc1. The number of carbonyl (C=O) groups excluding carboxylic acids is 1. The van der Waals surface area contributed by atoms with Crippen molar-refractivity contribution in [3.63, 3.8) is 0 Å². The van der Waals surface area contributed by atoms with Gasteiger partial charge in [0, 0.05) is 19.2 Å². The molecule has 2 rings (SSSR count). The van der Waals surface area contributed by atoms with E-state index in [4.69, 9.17) is 4.74 Å². The summed E-state index contributed by atoms with van der Waals surface area (Å²) in [5.41, 5.74) is 1.36. The number of rotatable bonds is 7. The monoisotopic (exact) mass is 393 g/mol. The summed E-state index contributed by atoms with van der Waals surface area (Å²) in [4.78, 5) is 22.3. The Morgan fingerprint density at radius 1 is 1.22 bits per heavy atom. The average molecular weight is 393 g/mol. The average Bonchev–Trinajstić information content (AvgIpc) is 2.60. The second-order valence-electron chi connectivity index (χ2n) is 5.82. The topological polar surface area (TPSA) is 119 Å². The number of carbonyl (C=O) groups is 1. The van der Waals surface area contributed by atoms with Gasteiger partial charge in [0.15, 0.2) is 6.61 Å². The molecule has 0 saturated heterocycles. The summed E-state index contributed by atoms with van der Waals surface area (Å²) in [6.45, 7) is 1.42. The first-order chi connectivity index (χ1) is 12.6. The molecule has 2 aromatic carbocycles. The van der Waals surface area contributed by atoms with Crippen LogP contribution in [0.5, 0.6) is 5.75 Å². The first-order valence-corrected chi connectivity index (χ1v) is 9.64. The number of hydrogen-bond acceptors (Lipinski definition) is 6. The molecule has 10 heteroatoms. The fourth-order valence-electron chi connectivity index (χ4n) is 2.14. The van der Waals surface area contributed by atoms with Gasteiger partial charge in [-0.25, -0.2) is 8.42 Å². The largest absolute Gasteiger partial charge is 0.484 e. The molecule has 0 aliphatic heterocycles. The van der Waals surface area contributed by atoms with Gasteiger partial charge >= 0.3 is 0 Å². The summed E-state index contributed by atoms with van der Waals surface area (Å²) in [6, 6.07) is 10.4. The quantitative estimate of drug-likeness (QED) is 0.569. The number of nitrogens with one attached hydrogen (secondary N) is 1. The van der Waals surface area contributed by atoms with Gasteiger partial charge in [-0.2, -0.15) is 0 Å². The Labute approximate surface area is 156 Å². The van der Waals surface area contributed by atoms with Gasteiger partial charge in [-0.1, -0.05) is 6.07 Å². The number of sulfonamides is 1. The van der Waals surface area contributed by atoms with Gasteiger partial charge in [-0.05, 0) is 36.8 Å². The van der Waals surface area contributed by atoms with Crippen LogP contribution >= 0.6 is 0 Å². The normalized spacial score (nSPS) is 10.9. The fraction of sp³-hybridized carbons (Fsp3) is 0.235. The van der Waals surface area contributed by atoms with Crippen molar-refractivity contribution in [3.8, 4) is 5.75 Å². The molecule has 1 amide bonds. The minimum Gasteiger partial charge on any atom is -0.484 e. The van der Waals surface area contributed by atoms with E-state index in [9.17, 15) is 23.3 Å². The molecule has 1 N–H and O–H groups in total. The van der Waals surface area contributed by atoms with Crippen LogP contribution in [0.3, 0.4) is 0 Å². The van der Waals surface area contributed by atoms with Gasteiger partial charge in [-0.15, -0.1) is 0 Å². The zero-order valence-corrected chi connectivity index (χ0v) is 15.8. The van der Waals surface area contributed by atoms with Crippen molar-refractivity contribution in [3.05, 3.63) is 58.1 Å². The zero-order chi connectivity index (χ0) is 20.2. The highest BCUT2D eigenvalue weighted by atomic mass is 32.2. The van der Waals surface area contributed by atoms with E-state index in [1.165, 1.54) is 19.2 Å². The van der Waals surface area contributed by atoms with E-state index < -0.39 is 20.9 Å². The number of amides is 1. The minimum atomic E-state index is -3.36. The van der Waals surface area contributed by atoms with Crippen molar-refractivity contribution in [2.24, 2.45) is 0 Å². The molecule has 9 nitrogen and oxygen atoms in total. The van der Waals surface area contributed by atoms with Crippen LogP contribution in [0.2, 0.25) is 0 Å². The Balaban J connectivity index is 1.98. The number of aryl methyl sites for hydroxylation is 1. The molecule has 0 aliphatic rings. The number of nitro groups is 1. The van der Waals surface area contributed by atoms with Crippen molar-refractivity contribution in [2.75, 3.05) is 29.5 Å². The molecule has 0 radical (unpaired) electrons. The van der Waals surface area contributed by atoms with Crippen LogP contribution in [-0.2, 0) is 14.8 Å². The van der Waals surface area contributed by atoms with Crippen LogP contribution in [0.4, 0.5) is 17.1 Å². The molecular weight excluding hydrogens is 374 g/mol. The van der Waals surface area contributed by atoms with Gasteiger partial charge in [0.25, 0.3) is 11.6 Å². The molecule has 0 unspecified atom stereocenters. The number of nitro benzene ring substituents is 1. The van der Waals surface area contributed by atoms with Gasteiger partial charge in [0.05, 0.1) is 22.6 Å². The number of anilines is 2. The lowest BCUT2D eigenvalue weighted by Crippen LogP contribution is -2.24. The molecule has 0 spiro atoms. The summed E-state index contributed by atoms with van der Waals surface area (Å²) < 4.78 is 29.5. The first kappa shape index (κ1) is 20.2. The second-order valence-corrected chi connectivity index (χ2v) is 7.83. The number of non-ortho nitro benzene ring substituents is 1. The molecule has 27 heavy (non-hydrogen) atoms. The van der Waals surface area contributed by atoms with Crippen molar-refractivity contribution < 1.29 is 22.9 Å². The second kappa shape index (κ2) is 8.04. The number of nitrogens with zero attached hydrogens (tertiary/aromatic N) is 2. The van der Waals surface area contributed by atoms with Crippen LogP contribution in [0, 0.1) is 17.0 Å². The lowest BCUT2D eigenvalue weighted by Gasteiger charge is -2.16. The molecule has 0 heterocycles. The predicted octanol–water partition coefficient (Wildman–Crippen LogP) is 2.32. The summed E-state index contributed by atoms with van der Waals surface area (Å²) in [7, 11) is -1.93. The van der Waals surface area contributed by atoms with E-state index in [1.807, 2.05) is 0 Å². The third-order valence-electron chi connectivity index (χ3n) is 3.77. The van der Waals surface area contributed by atoms with Crippen LogP contribution in [0.15, 0.2) is 42.5 Å². The van der Waals surface area contributed by atoms with Crippen molar-refractivity contribution in [1.29, 1.82) is 0 Å². The van der Waals surface area contributed by atoms with Crippen LogP contribution < -0.4 is 14.4 Å². The van der Waals surface area contributed by atoms with E-state index in [2.05, 4.69) is 5.32 Å². The Kier molecular flexibility index (Phi) is 6.01. The van der Waals surface area contributed by atoms with Crippen molar-refractivity contribution in [2.45, 2.75) is 6.92 Å². The molecule has 0 aromatic heterocycles. The van der Waals surface area contributed by atoms with Gasteiger partial charge in [-0.3, -0.25) is 19.2 Å².